The molecule has 0 N–H and O–H groups in total. The monoisotopic (exact) mass is 651 g/mol. The molecule has 3 aromatic rings. The summed E-state index contributed by atoms with van der Waals surface area (Å²) in [6.45, 7) is 13.1. The van der Waals surface area contributed by atoms with Crippen LogP contribution in [0.5, 0.6) is 0 Å². The Balaban J connectivity index is 1.10. The molecule has 1 saturated heterocycles. The Labute approximate surface area is 286 Å². The van der Waals surface area contributed by atoms with E-state index in [1.165, 1.54) is 36.0 Å². The molecular weight excluding hydrogens is 598 g/mol. The van der Waals surface area contributed by atoms with Gasteiger partial charge >= 0.3 is 6.09 Å². The van der Waals surface area contributed by atoms with Crippen molar-refractivity contribution in [3.8, 4) is 11.1 Å². The highest BCUT2D eigenvalue weighted by atomic mass is 16.6. The number of aromatic nitrogens is 3. The molecule has 0 spiro atoms. The summed E-state index contributed by atoms with van der Waals surface area (Å²) >= 11 is 0. The Morgan fingerprint density at radius 3 is 2.27 bits per heavy atom. The smallest absolute Gasteiger partial charge is 0.410 e. The van der Waals surface area contributed by atoms with Crippen molar-refractivity contribution in [3.05, 3.63) is 65.6 Å². The van der Waals surface area contributed by atoms with E-state index in [0.29, 0.717) is 12.5 Å². The minimum atomic E-state index is -0.197. The number of nitrogens with zero attached hydrogens (tertiary/aromatic N) is 5. The van der Waals surface area contributed by atoms with Crippen LogP contribution < -0.4 is 4.90 Å². The van der Waals surface area contributed by atoms with Gasteiger partial charge in [0.1, 0.15) is 11.9 Å². The fourth-order valence-electron chi connectivity index (χ4n) is 8.84. The zero-order valence-corrected chi connectivity index (χ0v) is 29.6. The highest BCUT2D eigenvalue weighted by Gasteiger charge is 2.51. The molecule has 4 aliphatic carbocycles. The van der Waals surface area contributed by atoms with Crippen LogP contribution in [0.3, 0.4) is 0 Å². The number of benzene rings is 1. The lowest BCUT2D eigenvalue weighted by atomic mass is 9.51. The van der Waals surface area contributed by atoms with E-state index in [4.69, 9.17) is 9.72 Å². The van der Waals surface area contributed by atoms with Crippen molar-refractivity contribution in [1.82, 2.24) is 19.7 Å². The molecule has 5 aliphatic rings. The third kappa shape index (κ3) is 6.39. The number of hydrogen-bond donors (Lipinski definition) is 0. The minimum absolute atomic E-state index is 0.0957. The van der Waals surface area contributed by atoms with E-state index in [1.54, 1.807) is 4.90 Å². The summed E-state index contributed by atoms with van der Waals surface area (Å²) < 4.78 is 7.83. The van der Waals surface area contributed by atoms with Crippen LogP contribution >= 0.6 is 0 Å². The zero-order valence-electron chi connectivity index (χ0n) is 29.6. The lowest BCUT2D eigenvalue weighted by Crippen LogP contribution is -2.52. The summed E-state index contributed by atoms with van der Waals surface area (Å²) in [5.41, 5.74) is 6.65. The maximum absolute atomic E-state index is 14.6. The molecule has 3 heterocycles. The summed E-state index contributed by atoms with van der Waals surface area (Å²) in [5, 5.41) is 4.57. The summed E-state index contributed by atoms with van der Waals surface area (Å²) in [6, 6.07) is 11.5. The quantitative estimate of drug-likeness (QED) is 0.244. The number of fused-ring (bicyclic) bond motifs is 3. The first kappa shape index (κ1) is 32.8. The average molecular weight is 652 g/mol. The Bertz CT molecular complexity index is 1620. The highest BCUT2D eigenvalue weighted by Crippen LogP contribution is 2.58. The van der Waals surface area contributed by atoms with Gasteiger partial charge in [0, 0.05) is 49.6 Å². The van der Waals surface area contributed by atoms with Crippen molar-refractivity contribution in [2.45, 2.75) is 116 Å². The van der Waals surface area contributed by atoms with Crippen LogP contribution in [0.15, 0.2) is 48.9 Å². The molecule has 1 aromatic carbocycles. The molecule has 1 aliphatic heterocycles. The fraction of sp³-hybridized carbons (Fsp3) is 0.600. The Morgan fingerprint density at radius 2 is 1.65 bits per heavy atom. The first-order valence-corrected chi connectivity index (χ1v) is 18.4. The highest BCUT2D eigenvalue weighted by molar-refractivity contribution is 5.95. The normalized spacial score (nSPS) is 27.2. The van der Waals surface area contributed by atoms with E-state index in [9.17, 15) is 9.59 Å². The Hall–Kier alpha value is -3.68. The van der Waals surface area contributed by atoms with Gasteiger partial charge < -0.3 is 9.64 Å². The fourth-order valence-corrected chi connectivity index (χ4v) is 8.84. The number of likely N-dealkylation sites (tertiary alicyclic amines) is 1. The molecular formula is C40H53N5O3. The molecule has 48 heavy (non-hydrogen) atoms. The van der Waals surface area contributed by atoms with E-state index in [1.807, 2.05) is 28.0 Å². The van der Waals surface area contributed by atoms with Crippen molar-refractivity contribution in [2.24, 2.45) is 17.3 Å². The molecule has 5 fully saturated rings. The van der Waals surface area contributed by atoms with E-state index in [-0.39, 0.29) is 40.9 Å². The molecule has 2 bridgehead atoms. The largest absolute Gasteiger partial charge is 0.446 e. The number of hydrogen-bond acceptors (Lipinski definition) is 5. The van der Waals surface area contributed by atoms with Gasteiger partial charge in [0.25, 0.3) is 0 Å². The van der Waals surface area contributed by atoms with Gasteiger partial charge in [0.05, 0.1) is 6.20 Å². The summed E-state index contributed by atoms with van der Waals surface area (Å²) in [4.78, 5) is 35.9. The van der Waals surface area contributed by atoms with Gasteiger partial charge in [-0.2, -0.15) is 5.10 Å². The first-order chi connectivity index (χ1) is 23.0. The van der Waals surface area contributed by atoms with Crippen molar-refractivity contribution in [2.75, 3.05) is 24.5 Å². The van der Waals surface area contributed by atoms with Crippen molar-refractivity contribution in [1.29, 1.82) is 0 Å². The molecule has 0 radical (unpaired) electrons. The number of pyridine rings is 1. The number of anilines is 1. The van der Waals surface area contributed by atoms with Crippen LogP contribution in [0.1, 0.15) is 108 Å². The van der Waals surface area contributed by atoms with Gasteiger partial charge in [-0.05, 0) is 143 Å². The molecule has 0 atom stereocenters. The average Bonchev–Trinajstić information content (AvgIpc) is 3.59. The number of aryl methyl sites for hydroxylation is 2. The summed E-state index contributed by atoms with van der Waals surface area (Å²) in [7, 11) is 0. The van der Waals surface area contributed by atoms with Crippen molar-refractivity contribution >= 4 is 17.8 Å². The van der Waals surface area contributed by atoms with Crippen molar-refractivity contribution < 1.29 is 14.3 Å². The van der Waals surface area contributed by atoms with Crippen LogP contribution in [0.4, 0.5) is 10.6 Å². The zero-order chi connectivity index (χ0) is 33.6. The SMILES string of the molecule is Cc1ccc(C23CCC(CN(C(=O)C4CCC(OC(=O)N5CC(C)C5)CC4)c4cc(-c5cnn(C(C)C)c5)ccn4)(CC2)CC3)cc1C. The van der Waals surface area contributed by atoms with Gasteiger partial charge in [-0.15, -0.1) is 0 Å². The molecule has 8 nitrogen and oxygen atoms in total. The Kier molecular flexibility index (Phi) is 8.88. The number of rotatable bonds is 8. The maximum atomic E-state index is 14.6. The van der Waals surface area contributed by atoms with Crippen LogP contribution in [-0.4, -0.2) is 57.4 Å². The molecule has 0 unspecified atom stereocenters. The maximum Gasteiger partial charge on any atom is 0.410 e. The number of carbonyl (C=O) groups is 2. The van der Waals surface area contributed by atoms with E-state index >= 15 is 0 Å². The van der Waals surface area contributed by atoms with Gasteiger partial charge in [-0.25, -0.2) is 9.78 Å². The van der Waals surface area contributed by atoms with E-state index < -0.39 is 0 Å². The van der Waals surface area contributed by atoms with Gasteiger partial charge in [-0.1, -0.05) is 25.1 Å². The molecule has 8 rings (SSSR count). The number of carbonyl (C=O) groups excluding carboxylic acids is 2. The molecule has 256 valence electrons. The lowest BCUT2D eigenvalue weighted by Gasteiger charge is -2.55. The van der Waals surface area contributed by atoms with Crippen LogP contribution in [0, 0.1) is 31.1 Å². The topological polar surface area (TPSA) is 80.6 Å². The van der Waals surface area contributed by atoms with Crippen LogP contribution in [0.25, 0.3) is 11.1 Å². The number of ether oxygens (including phenoxy) is 1. The lowest BCUT2D eigenvalue weighted by molar-refractivity contribution is -0.124. The number of amides is 2. The first-order valence-electron chi connectivity index (χ1n) is 18.4. The van der Waals surface area contributed by atoms with Crippen molar-refractivity contribution in [3.63, 3.8) is 0 Å². The summed E-state index contributed by atoms with van der Waals surface area (Å²) in [6.07, 6.45) is 15.3. The predicted molar refractivity (Wildman–Crippen MR) is 189 cm³/mol. The second-order valence-corrected chi connectivity index (χ2v) is 16.1. The third-order valence-corrected chi connectivity index (χ3v) is 12.4. The minimum Gasteiger partial charge on any atom is -0.446 e. The second-order valence-electron chi connectivity index (χ2n) is 16.1. The van der Waals surface area contributed by atoms with Gasteiger partial charge in [0.15, 0.2) is 0 Å². The molecule has 8 heteroatoms. The van der Waals surface area contributed by atoms with Gasteiger partial charge in [0.2, 0.25) is 5.91 Å². The van der Waals surface area contributed by atoms with E-state index in [2.05, 4.69) is 70.2 Å². The predicted octanol–water partition coefficient (Wildman–Crippen LogP) is 8.42. The summed E-state index contributed by atoms with van der Waals surface area (Å²) in [5.74, 6) is 1.36. The second kappa shape index (κ2) is 13.0. The standard InChI is InChI=1S/C40H53N5O3/c1-27(2)45-25-33(22-42-45)32-12-19-41-36(21-32)44(37(46)31-7-10-35(11-8-31)48-38(47)43-23-28(3)24-43)26-39-13-16-40(17-14-39,18-15-39)34-9-6-29(4)30(5)20-34/h6,9,12,19-22,25,27-28,31,35H,7-8,10-11,13-18,23-24,26H2,1-5H3. The van der Waals surface area contributed by atoms with Crippen LogP contribution in [0.2, 0.25) is 0 Å². The van der Waals surface area contributed by atoms with Crippen LogP contribution in [-0.2, 0) is 14.9 Å². The third-order valence-electron chi connectivity index (χ3n) is 12.4. The molecule has 4 saturated carbocycles. The molecule has 2 amide bonds. The van der Waals surface area contributed by atoms with Gasteiger partial charge in [-0.3, -0.25) is 14.4 Å². The Morgan fingerprint density at radius 1 is 0.938 bits per heavy atom. The molecule has 2 aromatic heterocycles. The van der Waals surface area contributed by atoms with E-state index in [0.717, 1.165) is 75.0 Å².